The number of rotatable bonds is 9. The Morgan fingerprint density at radius 2 is 1.81 bits per heavy atom. The molecule has 0 saturated heterocycles. The number of nitrogens with zero attached hydrogens (tertiary/aromatic N) is 2. The van der Waals surface area contributed by atoms with Crippen LogP contribution in [0.1, 0.15) is 19.4 Å². The van der Waals surface area contributed by atoms with Crippen molar-refractivity contribution in [3.8, 4) is 28.6 Å². The van der Waals surface area contributed by atoms with E-state index in [4.69, 9.17) is 14.2 Å². The fourth-order valence-electron chi connectivity index (χ4n) is 2.70. The molecule has 1 heterocycles. The quantitative estimate of drug-likeness (QED) is 0.369. The van der Waals surface area contributed by atoms with Crippen molar-refractivity contribution in [1.82, 2.24) is 15.2 Å². The standard InChI is InChI=1S/C22H23N3O5S/c1-13(2)30-18-8-6-5-7-14(18)11-19(21(26)27)31-22-23-20(24-25-22)15-9-16(28-3)12-17(10-15)29-4/h5-13H,1-4H3,(H,26,27)(H,23,24,25)/b19-11-. The summed E-state index contributed by atoms with van der Waals surface area (Å²) in [5.74, 6) is 1.20. The highest BCUT2D eigenvalue weighted by atomic mass is 32.2. The number of ether oxygens (including phenoxy) is 3. The summed E-state index contributed by atoms with van der Waals surface area (Å²) >= 11 is 0.945. The van der Waals surface area contributed by atoms with Gasteiger partial charge in [-0.05, 0) is 49.9 Å². The van der Waals surface area contributed by atoms with Crippen LogP contribution in [-0.4, -0.2) is 46.6 Å². The zero-order valence-electron chi connectivity index (χ0n) is 17.6. The summed E-state index contributed by atoms with van der Waals surface area (Å²) in [6.45, 7) is 3.83. The molecule has 0 atom stereocenters. The van der Waals surface area contributed by atoms with E-state index in [9.17, 15) is 9.90 Å². The molecule has 0 fully saturated rings. The van der Waals surface area contributed by atoms with Crippen LogP contribution in [0.25, 0.3) is 17.5 Å². The minimum Gasteiger partial charge on any atom is -0.497 e. The van der Waals surface area contributed by atoms with Gasteiger partial charge in [0.1, 0.15) is 22.2 Å². The summed E-state index contributed by atoms with van der Waals surface area (Å²) in [7, 11) is 3.12. The molecule has 31 heavy (non-hydrogen) atoms. The van der Waals surface area contributed by atoms with E-state index in [-0.39, 0.29) is 16.2 Å². The number of hydrogen-bond acceptors (Lipinski definition) is 7. The van der Waals surface area contributed by atoms with Crippen molar-refractivity contribution >= 4 is 23.8 Å². The van der Waals surface area contributed by atoms with Crippen LogP contribution in [0.3, 0.4) is 0 Å². The highest BCUT2D eigenvalue weighted by Crippen LogP contribution is 2.32. The molecule has 162 valence electrons. The van der Waals surface area contributed by atoms with Crippen LogP contribution >= 0.6 is 11.8 Å². The van der Waals surface area contributed by atoms with Crippen molar-refractivity contribution in [3.05, 3.63) is 52.9 Å². The van der Waals surface area contributed by atoms with Gasteiger partial charge in [0, 0.05) is 17.2 Å². The van der Waals surface area contributed by atoms with Gasteiger partial charge in [-0.15, -0.1) is 5.10 Å². The van der Waals surface area contributed by atoms with Crippen LogP contribution in [0, 0.1) is 0 Å². The molecule has 9 heteroatoms. The first kappa shape index (κ1) is 22.2. The van der Waals surface area contributed by atoms with Crippen LogP contribution in [0.15, 0.2) is 52.5 Å². The van der Waals surface area contributed by atoms with Crippen molar-refractivity contribution in [2.45, 2.75) is 25.1 Å². The van der Waals surface area contributed by atoms with Gasteiger partial charge in [-0.1, -0.05) is 18.2 Å². The predicted molar refractivity (Wildman–Crippen MR) is 119 cm³/mol. The molecule has 2 aromatic carbocycles. The van der Waals surface area contributed by atoms with E-state index in [2.05, 4.69) is 15.2 Å². The molecule has 1 aromatic heterocycles. The lowest BCUT2D eigenvalue weighted by atomic mass is 10.2. The van der Waals surface area contributed by atoms with Gasteiger partial charge in [0.15, 0.2) is 5.82 Å². The molecule has 0 spiro atoms. The van der Waals surface area contributed by atoms with E-state index < -0.39 is 5.97 Å². The molecule has 0 amide bonds. The molecule has 0 aliphatic carbocycles. The average molecular weight is 442 g/mol. The van der Waals surface area contributed by atoms with E-state index >= 15 is 0 Å². The summed E-state index contributed by atoms with van der Waals surface area (Å²) in [5.41, 5.74) is 1.36. The fraction of sp³-hybridized carbons (Fsp3) is 0.227. The van der Waals surface area contributed by atoms with Crippen LogP contribution in [0.4, 0.5) is 0 Å². The Labute approximate surface area is 184 Å². The second kappa shape index (κ2) is 10.0. The highest BCUT2D eigenvalue weighted by molar-refractivity contribution is 8.04. The maximum Gasteiger partial charge on any atom is 0.342 e. The van der Waals surface area contributed by atoms with Gasteiger partial charge in [-0.3, -0.25) is 5.10 Å². The van der Waals surface area contributed by atoms with Crippen molar-refractivity contribution in [1.29, 1.82) is 0 Å². The molecular weight excluding hydrogens is 418 g/mol. The number of aromatic nitrogens is 3. The van der Waals surface area contributed by atoms with Crippen molar-refractivity contribution in [2.24, 2.45) is 0 Å². The monoisotopic (exact) mass is 441 g/mol. The zero-order valence-corrected chi connectivity index (χ0v) is 18.4. The SMILES string of the molecule is COc1cc(OC)cc(-c2nc(S/C(=C\c3ccccc3OC(C)C)C(=O)O)n[nH]2)c1. The number of para-hydroxylation sites is 1. The number of thioether (sulfide) groups is 1. The Morgan fingerprint density at radius 1 is 1.13 bits per heavy atom. The largest absolute Gasteiger partial charge is 0.497 e. The Hall–Kier alpha value is -3.46. The molecular formula is C22H23N3O5S. The van der Waals surface area contributed by atoms with E-state index in [0.29, 0.717) is 34.2 Å². The molecule has 8 nitrogen and oxygen atoms in total. The molecule has 0 aliphatic heterocycles. The Morgan fingerprint density at radius 3 is 2.42 bits per heavy atom. The normalized spacial score (nSPS) is 11.5. The first-order chi connectivity index (χ1) is 14.9. The number of benzene rings is 2. The van der Waals surface area contributed by atoms with Crippen LogP contribution in [0.2, 0.25) is 0 Å². The Bertz CT molecular complexity index is 1070. The molecule has 0 aliphatic rings. The van der Waals surface area contributed by atoms with E-state index in [1.54, 1.807) is 50.6 Å². The number of aromatic amines is 1. The third-order valence-corrected chi connectivity index (χ3v) is 4.95. The van der Waals surface area contributed by atoms with Gasteiger partial charge < -0.3 is 19.3 Å². The van der Waals surface area contributed by atoms with Crippen molar-refractivity contribution in [3.63, 3.8) is 0 Å². The van der Waals surface area contributed by atoms with Crippen LogP contribution in [-0.2, 0) is 4.79 Å². The number of methoxy groups -OCH3 is 2. The number of carboxylic acid groups (broad SMARTS) is 1. The van der Waals surface area contributed by atoms with Gasteiger partial charge in [-0.2, -0.15) is 0 Å². The number of hydrogen-bond donors (Lipinski definition) is 2. The summed E-state index contributed by atoms with van der Waals surface area (Å²) in [6.07, 6.45) is 1.51. The number of carboxylic acids is 1. The summed E-state index contributed by atoms with van der Waals surface area (Å²) in [4.78, 5) is 16.3. The van der Waals surface area contributed by atoms with Crippen LogP contribution in [0.5, 0.6) is 17.2 Å². The van der Waals surface area contributed by atoms with Crippen LogP contribution < -0.4 is 14.2 Å². The van der Waals surface area contributed by atoms with E-state index in [1.807, 2.05) is 26.0 Å². The summed E-state index contributed by atoms with van der Waals surface area (Å²) in [6, 6.07) is 12.6. The summed E-state index contributed by atoms with van der Waals surface area (Å²) < 4.78 is 16.3. The molecule has 2 N–H and O–H groups in total. The molecule has 3 rings (SSSR count). The molecule has 0 radical (unpaired) electrons. The van der Waals surface area contributed by atoms with Gasteiger partial charge in [0.05, 0.1) is 20.3 Å². The second-order valence-corrected chi connectivity index (χ2v) is 7.70. The lowest BCUT2D eigenvalue weighted by Gasteiger charge is -2.12. The van der Waals surface area contributed by atoms with Gasteiger partial charge in [0.2, 0.25) is 5.16 Å². The minimum atomic E-state index is -1.08. The van der Waals surface area contributed by atoms with Gasteiger partial charge in [0.25, 0.3) is 0 Å². The molecule has 3 aromatic rings. The van der Waals surface area contributed by atoms with Crippen molar-refractivity contribution in [2.75, 3.05) is 14.2 Å². The number of carbonyl (C=O) groups is 1. The van der Waals surface area contributed by atoms with E-state index in [1.165, 1.54) is 0 Å². The second-order valence-electron chi connectivity index (χ2n) is 6.69. The number of nitrogens with one attached hydrogen (secondary N) is 1. The first-order valence-electron chi connectivity index (χ1n) is 9.44. The Kier molecular flexibility index (Phi) is 7.19. The van der Waals surface area contributed by atoms with Gasteiger partial charge in [-0.25, -0.2) is 9.78 Å². The molecule has 0 saturated carbocycles. The number of H-pyrrole nitrogens is 1. The number of aliphatic carboxylic acids is 1. The predicted octanol–water partition coefficient (Wildman–Crippen LogP) is 4.49. The minimum absolute atomic E-state index is 0.0362. The maximum atomic E-state index is 11.9. The lowest BCUT2D eigenvalue weighted by molar-refractivity contribution is -0.131. The van der Waals surface area contributed by atoms with Crippen molar-refractivity contribution < 1.29 is 24.1 Å². The topological polar surface area (TPSA) is 107 Å². The van der Waals surface area contributed by atoms with Gasteiger partial charge >= 0.3 is 5.97 Å². The first-order valence-corrected chi connectivity index (χ1v) is 10.3. The summed E-state index contributed by atoms with van der Waals surface area (Å²) in [5, 5.41) is 17.0. The lowest BCUT2D eigenvalue weighted by Crippen LogP contribution is -2.06. The highest BCUT2D eigenvalue weighted by Gasteiger charge is 2.16. The fourth-order valence-corrected chi connectivity index (χ4v) is 3.40. The van der Waals surface area contributed by atoms with E-state index in [0.717, 1.165) is 11.8 Å². The third-order valence-electron chi connectivity index (χ3n) is 4.07. The third kappa shape index (κ3) is 5.79. The molecule has 0 bridgehead atoms. The zero-order chi connectivity index (χ0) is 22.4. The smallest absolute Gasteiger partial charge is 0.342 e. The average Bonchev–Trinajstić information content (AvgIpc) is 3.22. The Balaban J connectivity index is 1.89. The molecule has 0 unspecified atom stereocenters. The maximum absolute atomic E-state index is 11.9.